The molecule has 1 rings (SSSR count). The standard InChI is InChI=1S/C5H4NO2/c7-5-3-1-2-4-6(5)8/h1-4H. The van der Waals surface area contributed by atoms with Gasteiger partial charge in [0.15, 0.2) is 6.20 Å². The molecule has 0 atom stereocenters. The first kappa shape index (κ1) is 4.90. The third-order valence-electron chi connectivity index (χ3n) is 0.789. The second-order valence-corrected chi connectivity index (χ2v) is 1.36. The van der Waals surface area contributed by atoms with Crippen LogP contribution in [-0.2, 0) is 5.11 Å². The molecular formula is C5H4NO2. The van der Waals surface area contributed by atoms with Crippen LogP contribution in [0.4, 0.5) is 0 Å². The Morgan fingerprint density at radius 1 is 1.50 bits per heavy atom. The van der Waals surface area contributed by atoms with Gasteiger partial charge in [0.05, 0.1) is 6.07 Å². The molecule has 0 unspecified atom stereocenters. The molecule has 0 spiro atoms. The van der Waals surface area contributed by atoms with Gasteiger partial charge in [0.1, 0.15) is 0 Å². The molecule has 0 saturated carbocycles. The maximum absolute atomic E-state index is 10.3. The Kier molecular flexibility index (Phi) is 1.04. The number of hydrogen-bond donors (Lipinski definition) is 0. The minimum absolute atomic E-state index is 0.278. The molecule has 1 aromatic rings. The van der Waals surface area contributed by atoms with Gasteiger partial charge >= 0.3 is 5.88 Å². The van der Waals surface area contributed by atoms with Crippen LogP contribution >= 0.6 is 0 Å². The van der Waals surface area contributed by atoms with Gasteiger partial charge in [-0.25, -0.2) is 5.11 Å². The number of nitrogens with zero attached hydrogens (tertiary/aromatic N) is 1. The zero-order valence-corrected chi connectivity index (χ0v) is 4.07. The van der Waals surface area contributed by atoms with E-state index in [-0.39, 0.29) is 4.73 Å². The van der Waals surface area contributed by atoms with Crippen molar-refractivity contribution in [3.05, 3.63) is 29.6 Å². The highest BCUT2D eigenvalue weighted by atomic mass is 16.5. The van der Waals surface area contributed by atoms with Gasteiger partial charge < -0.3 is 5.21 Å². The van der Waals surface area contributed by atoms with Crippen LogP contribution in [0, 0.1) is 5.21 Å². The molecule has 0 amide bonds. The molecule has 0 saturated heterocycles. The fourth-order valence-electron chi connectivity index (χ4n) is 0.413. The summed E-state index contributed by atoms with van der Waals surface area (Å²) in [5, 5.41) is 20.5. The lowest BCUT2D eigenvalue weighted by Gasteiger charge is -1.90. The quantitative estimate of drug-likeness (QED) is 0.353. The fraction of sp³-hybridized carbons (Fsp3) is 0. The summed E-state index contributed by atoms with van der Waals surface area (Å²) in [6, 6.07) is 4.25. The second kappa shape index (κ2) is 1.69. The zero-order chi connectivity index (χ0) is 5.98. The van der Waals surface area contributed by atoms with E-state index in [1.54, 1.807) is 0 Å². The van der Waals surface area contributed by atoms with Crippen LogP contribution in [0.3, 0.4) is 0 Å². The number of rotatable bonds is 0. The number of hydrogen-bond acceptors (Lipinski definition) is 1. The molecule has 1 radical (unpaired) electrons. The van der Waals surface area contributed by atoms with Crippen LogP contribution in [-0.4, -0.2) is 0 Å². The maximum Gasteiger partial charge on any atom is 0.423 e. The lowest BCUT2D eigenvalue weighted by Crippen LogP contribution is -2.23. The molecule has 0 aliphatic rings. The molecule has 1 heterocycles. The van der Waals surface area contributed by atoms with Gasteiger partial charge in [0.2, 0.25) is 0 Å². The average Bonchev–Trinajstić information content (AvgIpc) is 1.77. The van der Waals surface area contributed by atoms with Crippen LogP contribution in [0.5, 0.6) is 5.88 Å². The van der Waals surface area contributed by atoms with Crippen molar-refractivity contribution in [1.82, 2.24) is 0 Å². The Hall–Kier alpha value is -1.25. The summed E-state index contributed by atoms with van der Waals surface area (Å²) in [7, 11) is 0. The molecular weight excluding hydrogens is 106 g/mol. The summed E-state index contributed by atoms with van der Waals surface area (Å²) in [5.74, 6) is -0.521. The summed E-state index contributed by atoms with van der Waals surface area (Å²) in [6.45, 7) is 0. The van der Waals surface area contributed by atoms with E-state index in [1.807, 2.05) is 0 Å². The van der Waals surface area contributed by atoms with Crippen molar-refractivity contribution in [2.24, 2.45) is 0 Å². The van der Waals surface area contributed by atoms with Crippen molar-refractivity contribution in [2.75, 3.05) is 0 Å². The SMILES string of the molecule is [O]c1cccc[n+]1[O-]. The van der Waals surface area contributed by atoms with Crippen molar-refractivity contribution in [1.29, 1.82) is 0 Å². The third-order valence-corrected chi connectivity index (χ3v) is 0.789. The summed E-state index contributed by atoms with van der Waals surface area (Å²) in [5.41, 5.74) is 0. The summed E-state index contributed by atoms with van der Waals surface area (Å²) in [6.07, 6.45) is 1.17. The summed E-state index contributed by atoms with van der Waals surface area (Å²) in [4.78, 5) is 0. The molecule has 41 valence electrons. The Bertz CT molecular complexity index is 167. The predicted molar refractivity (Wildman–Crippen MR) is 25.5 cm³/mol. The van der Waals surface area contributed by atoms with Gasteiger partial charge in [-0.3, -0.25) is 0 Å². The van der Waals surface area contributed by atoms with Crippen molar-refractivity contribution < 1.29 is 9.84 Å². The molecule has 3 nitrogen and oxygen atoms in total. The first-order valence-corrected chi connectivity index (χ1v) is 2.16. The van der Waals surface area contributed by atoms with Gasteiger partial charge in [-0.05, 0) is 6.07 Å². The van der Waals surface area contributed by atoms with Crippen molar-refractivity contribution in [3.63, 3.8) is 0 Å². The first-order valence-electron chi connectivity index (χ1n) is 2.16. The van der Waals surface area contributed by atoms with Crippen molar-refractivity contribution >= 4 is 0 Å². The van der Waals surface area contributed by atoms with Crippen LogP contribution < -0.4 is 4.73 Å². The largest absolute Gasteiger partial charge is 0.616 e. The molecule has 8 heavy (non-hydrogen) atoms. The second-order valence-electron chi connectivity index (χ2n) is 1.36. The van der Waals surface area contributed by atoms with E-state index in [2.05, 4.69) is 0 Å². The van der Waals surface area contributed by atoms with E-state index in [0.29, 0.717) is 0 Å². The normalized spacial score (nSPS) is 9.00. The van der Waals surface area contributed by atoms with Crippen LogP contribution in [0.1, 0.15) is 0 Å². The van der Waals surface area contributed by atoms with Gasteiger partial charge in [-0.15, -0.1) is 4.73 Å². The Morgan fingerprint density at radius 3 is 2.62 bits per heavy atom. The highest BCUT2D eigenvalue weighted by Gasteiger charge is 1.96. The lowest BCUT2D eigenvalue weighted by atomic mass is 10.5. The van der Waals surface area contributed by atoms with E-state index in [0.717, 1.165) is 0 Å². The highest BCUT2D eigenvalue weighted by Crippen LogP contribution is 1.95. The average molecular weight is 110 g/mol. The molecule has 0 aliphatic heterocycles. The Labute approximate surface area is 46.4 Å². The topological polar surface area (TPSA) is 46.8 Å². The van der Waals surface area contributed by atoms with Crippen molar-refractivity contribution in [3.8, 4) is 5.88 Å². The maximum atomic E-state index is 10.3. The van der Waals surface area contributed by atoms with Gasteiger partial charge in [-0.1, -0.05) is 0 Å². The number of pyridine rings is 1. The molecule has 3 heteroatoms. The smallest absolute Gasteiger partial charge is 0.423 e. The predicted octanol–water partition coefficient (Wildman–Crippen LogP) is 0.464. The number of aromatic nitrogens is 1. The lowest BCUT2D eigenvalue weighted by molar-refractivity contribution is -0.616. The monoisotopic (exact) mass is 110 g/mol. The van der Waals surface area contributed by atoms with E-state index < -0.39 is 5.88 Å². The zero-order valence-electron chi connectivity index (χ0n) is 4.07. The van der Waals surface area contributed by atoms with Crippen LogP contribution in [0.2, 0.25) is 0 Å². The van der Waals surface area contributed by atoms with Gasteiger partial charge in [0.25, 0.3) is 0 Å². The third kappa shape index (κ3) is 0.703. The van der Waals surface area contributed by atoms with Crippen LogP contribution in [0.25, 0.3) is 0 Å². The van der Waals surface area contributed by atoms with E-state index in [9.17, 15) is 10.3 Å². The molecule has 0 aromatic carbocycles. The van der Waals surface area contributed by atoms with Crippen LogP contribution in [0.15, 0.2) is 24.4 Å². The van der Waals surface area contributed by atoms with Gasteiger partial charge in [0, 0.05) is 6.07 Å². The van der Waals surface area contributed by atoms with E-state index in [4.69, 9.17) is 0 Å². The highest BCUT2D eigenvalue weighted by molar-refractivity contribution is 4.99. The van der Waals surface area contributed by atoms with E-state index in [1.165, 1.54) is 24.4 Å². The van der Waals surface area contributed by atoms with Crippen molar-refractivity contribution in [2.45, 2.75) is 0 Å². The first-order chi connectivity index (χ1) is 3.80. The Balaban J connectivity index is 3.13. The molecule has 0 fully saturated rings. The summed E-state index contributed by atoms with van der Waals surface area (Å²) < 4.78 is 0.278. The minimum atomic E-state index is -0.521. The molecule has 0 N–H and O–H groups in total. The molecule has 0 bridgehead atoms. The molecule has 1 aromatic heterocycles. The minimum Gasteiger partial charge on any atom is -0.616 e. The van der Waals surface area contributed by atoms with Gasteiger partial charge in [-0.2, -0.15) is 0 Å². The molecule has 0 aliphatic carbocycles. The van der Waals surface area contributed by atoms with E-state index >= 15 is 0 Å². The fourth-order valence-corrected chi connectivity index (χ4v) is 0.413. The summed E-state index contributed by atoms with van der Waals surface area (Å²) >= 11 is 0. The Morgan fingerprint density at radius 2 is 2.25 bits per heavy atom.